The fourth-order valence-electron chi connectivity index (χ4n) is 3.82. The van der Waals surface area contributed by atoms with E-state index in [2.05, 4.69) is 24.6 Å². The Hall–Kier alpha value is -4.31. The van der Waals surface area contributed by atoms with Crippen molar-refractivity contribution in [3.05, 3.63) is 75.2 Å². The van der Waals surface area contributed by atoms with Crippen LogP contribution in [0.4, 0.5) is 31.1 Å². The summed E-state index contributed by atoms with van der Waals surface area (Å²) in [5, 5.41) is 3.75. The molecule has 0 aliphatic heterocycles. The van der Waals surface area contributed by atoms with Gasteiger partial charge in [0.1, 0.15) is 28.3 Å². The summed E-state index contributed by atoms with van der Waals surface area (Å²) in [6, 6.07) is 5.43. The average molecular weight is 694 g/mol. The second kappa shape index (κ2) is 15.5. The highest BCUT2D eigenvalue weighted by Crippen LogP contribution is 2.34. The van der Waals surface area contributed by atoms with Gasteiger partial charge in [-0.3, -0.25) is 4.98 Å². The zero-order chi connectivity index (χ0) is 35.1. The minimum absolute atomic E-state index is 0.123. The van der Waals surface area contributed by atoms with E-state index in [1.807, 2.05) is 0 Å². The first-order valence-corrected chi connectivity index (χ1v) is 14.1. The second-order valence-electron chi connectivity index (χ2n) is 10.0. The molecule has 0 saturated carbocycles. The van der Waals surface area contributed by atoms with Crippen molar-refractivity contribution in [3.8, 4) is 17.4 Å². The monoisotopic (exact) mass is 693 g/mol. The van der Waals surface area contributed by atoms with Crippen LogP contribution in [0.5, 0.6) is 17.4 Å². The highest BCUT2D eigenvalue weighted by molar-refractivity contribution is 6.31. The Bertz CT molecular complexity index is 1580. The van der Waals surface area contributed by atoms with Crippen LogP contribution >= 0.6 is 11.6 Å². The number of aryl methyl sites for hydroxylation is 2. The van der Waals surface area contributed by atoms with E-state index < -0.39 is 42.2 Å². The third kappa shape index (κ3) is 10.6. The summed E-state index contributed by atoms with van der Waals surface area (Å²) in [7, 11) is 1.16. The van der Waals surface area contributed by atoms with Gasteiger partial charge in [-0.2, -0.15) is 13.2 Å². The van der Waals surface area contributed by atoms with Gasteiger partial charge < -0.3 is 28.5 Å². The Balaban J connectivity index is 1.83. The molecule has 10 nitrogen and oxygen atoms in total. The number of benzene rings is 1. The van der Waals surface area contributed by atoms with Gasteiger partial charge in [0, 0.05) is 34.3 Å². The van der Waals surface area contributed by atoms with Crippen molar-refractivity contribution in [2.24, 2.45) is 5.16 Å². The zero-order valence-electron chi connectivity index (χ0n) is 25.9. The molecule has 17 heteroatoms. The molecule has 2 unspecified atom stereocenters. The standard InChI is InChI=1S/C30H30ClF6N3O7/c1-15-16(2)39-17(3)23(26(15)45-28(41)42-6)13-43-14-25(20-7-9-22(10-8-20)46-30(35,36)37)40-47-19(5)18(4)44-27-24(31)11-21(12-38-27)29(32,33)34/h7-12,18-19H,13-14H2,1-6H3/b40-25-. The lowest BCUT2D eigenvalue weighted by atomic mass is 10.1. The molecule has 0 radical (unpaired) electrons. The van der Waals surface area contributed by atoms with Crippen LogP contribution in [0.1, 0.15) is 47.5 Å². The topological polar surface area (TPSA) is 111 Å². The smallest absolute Gasteiger partial charge is 0.470 e. The molecular formula is C30H30ClF6N3O7. The van der Waals surface area contributed by atoms with Gasteiger partial charge in [0.15, 0.2) is 6.10 Å². The van der Waals surface area contributed by atoms with E-state index in [4.69, 9.17) is 30.6 Å². The number of hydrogen-bond acceptors (Lipinski definition) is 10. The van der Waals surface area contributed by atoms with Gasteiger partial charge in [0.2, 0.25) is 5.88 Å². The largest absolute Gasteiger partial charge is 0.573 e. The van der Waals surface area contributed by atoms with Crippen LogP contribution in [0.15, 0.2) is 41.7 Å². The Morgan fingerprint density at radius 3 is 2.23 bits per heavy atom. The van der Waals surface area contributed by atoms with Crippen molar-refractivity contribution in [1.29, 1.82) is 0 Å². The summed E-state index contributed by atoms with van der Waals surface area (Å²) in [5.41, 5.74) is 1.49. The molecule has 2 aromatic heterocycles. The van der Waals surface area contributed by atoms with Crippen molar-refractivity contribution in [3.63, 3.8) is 0 Å². The van der Waals surface area contributed by atoms with Gasteiger partial charge in [-0.25, -0.2) is 9.78 Å². The lowest BCUT2D eigenvalue weighted by Gasteiger charge is -2.21. The number of nitrogens with zero attached hydrogens (tertiary/aromatic N) is 3. The summed E-state index contributed by atoms with van der Waals surface area (Å²) in [5.74, 6) is -0.543. The van der Waals surface area contributed by atoms with Crippen molar-refractivity contribution in [2.45, 2.75) is 66.0 Å². The van der Waals surface area contributed by atoms with Crippen LogP contribution in [-0.2, 0) is 27.1 Å². The Kier molecular flexibility index (Phi) is 12.3. The number of pyridine rings is 2. The molecule has 0 spiro atoms. The third-order valence-electron chi connectivity index (χ3n) is 6.61. The number of carbonyl (C=O) groups excluding carboxylic acids is 1. The maximum Gasteiger partial charge on any atom is 0.573 e. The first kappa shape index (κ1) is 37.2. The Labute approximate surface area is 270 Å². The first-order valence-electron chi connectivity index (χ1n) is 13.7. The van der Waals surface area contributed by atoms with E-state index in [-0.39, 0.29) is 35.6 Å². The van der Waals surface area contributed by atoms with E-state index in [0.29, 0.717) is 40.3 Å². The molecule has 0 fully saturated rings. The molecule has 3 aromatic rings. The van der Waals surface area contributed by atoms with E-state index in [1.165, 1.54) is 19.1 Å². The van der Waals surface area contributed by atoms with Gasteiger partial charge in [0.05, 0.1) is 25.9 Å². The normalized spacial score (nSPS) is 13.5. The van der Waals surface area contributed by atoms with E-state index in [0.717, 1.165) is 19.2 Å². The molecular weight excluding hydrogens is 664 g/mol. The molecule has 0 aliphatic rings. The predicted molar refractivity (Wildman–Crippen MR) is 156 cm³/mol. The van der Waals surface area contributed by atoms with Crippen LogP contribution in [0, 0.1) is 20.8 Å². The van der Waals surface area contributed by atoms with Crippen molar-refractivity contribution >= 4 is 23.5 Å². The number of alkyl halides is 6. The van der Waals surface area contributed by atoms with E-state index in [9.17, 15) is 31.1 Å². The Morgan fingerprint density at radius 2 is 1.66 bits per heavy atom. The summed E-state index contributed by atoms with van der Waals surface area (Å²) < 4.78 is 102. The number of oxime groups is 1. The molecule has 0 saturated heterocycles. The van der Waals surface area contributed by atoms with Crippen LogP contribution in [0.3, 0.4) is 0 Å². The minimum atomic E-state index is -4.90. The number of rotatable bonds is 12. The van der Waals surface area contributed by atoms with Gasteiger partial charge >= 0.3 is 18.7 Å². The average Bonchev–Trinajstić information content (AvgIpc) is 2.98. The third-order valence-corrected chi connectivity index (χ3v) is 6.88. The van der Waals surface area contributed by atoms with Crippen molar-refractivity contribution in [1.82, 2.24) is 9.97 Å². The van der Waals surface area contributed by atoms with Crippen molar-refractivity contribution in [2.75, 3.05) is 13.7 Å². The molecule has 2 heterocycles. The number of ether oxygens (including phenoxy) is 5. The SMILES string of the molecule is COC(=O)Oc1c(C)c(C)nc(C)c1COC/C(=N/OC(C)C(C)Oc1ncc(C(F)(F)F)cc1Cl)c1ccc(OC(F)(F)F)cc1. The summed E-state index contributed by atoms with van der Waals surface area (Å²) >= 11 is 5.94. The molecule has 3 rings (SSSR count). The molecule has 0 amide bonds. The number of halogens is 7. The van der Waals surface area contributed by atoms with Gasteiger partial charge in [0.25, 0.3) is 0 Å². The van der Waals surface area contributed by atoms with Gasteiger partial charge in [-0.15, -0.1) is 13.2 Å². The van der Waals surface area contributed by atoms with Gasteiger partial charge in [-0.1, -0.05) is 16.8 Å². The Morgan fingerprint density at radius 1 is 1.00 bits per heavy atom. The number of methoxy groups -OCH3 is 1. The van der Waals surface area contributed by atoms with E-state index >= 15 is 0 Å². The maximum atomic E-state index is 13.0. The molecule has 0 N–H and O–H groups in total. The molecule has 2 atom stereocenters. The maximum absolute atomic E-state index is 13.0. The lowest BCUT2D eigenvalue weighted by molar-refractivity contribution is -0.274. The number of aromatic nitrogens is 2. The molecule has 1 aromatic carbocycles. The predicted octanol–water partition coefficient (Wildman–Crippen LogP) is 7.91. The van der Waals surface area contributed by atoms with Crippen molar-refractivity contribution < 1.29 is 59.7 Å². The van der Waals surface area contributed by atoms with Gasteiger partial charge in [-0.05, 0) is 65.0 Å². The zero-order valence-corrected chi connectivity index (χ0v) is 26.6. The number of carbonyl (C=O) groups is 1. The highest BCUT2D eigenvalue weighted by Gasteiger charge is 2.32. The fraction of sp³-hybridized carbons (Fsp3) is 0.400. The van der Waals surface area contributed by atoms with Crippen LogP contribution < -0.4 is 14.2 Å². The fourth-order valence-corrected chi connectivity index (χ4v) is 4.03. The summed E-state index contributed by atoms with van der Waals surface area (Å²) in [6.45, 7) is 7.82. The minimum Gasteiger partial charge on any atom is -0.470 e. The van der Waals surface area contributed by atoms with E-state index in [1.54, 1.807) is 27.7 Å². The summed E-state index contributed by atoms with van der Waals surface area (Å²) in [4.78, 5) is 25.6. The molecule has 0 bridgehead atoms. The van der Waals surface area contributed by atoms with Crippen LogP contribution in [0.2, 0.25) is 5.02 Å². The molecule has 256 valence electrons. The second-order valence-corrected chi connectivity index (χ2v) is 10.4. The quantitative estimate of drug-likeness (QED) is 0.0809. The molecule has 47 heavy (non-hydrogen) atoms. The lowest BCUT2D eigenvalue weighted by Crippen LogP contribution is -2.28. The van der Waals surface area contributed by atoms with Crippen LogP contribution in [-0.4, -0.2) is 54.1 Å². The highest BCUT2D eigenvalue weighted by atomic mass is 35.5. The van der Waals surface area contributed by atoms with Crippen LogP contribution in [0.25, 0.3) is 0 Å². The number of hydrogen-bond donors (Lipinski definition) is 0. The molecule has 0 aliphatic carbocycles. The first-order chi connectivity index (χ1) is 21.9. The summed E-state index contributed by atoms with van der Waals surface area (Å²) in [6.07, 6.45) is -11.6.